The van der Waals surface area contributed by atoms with E-state index in [1.54, 1.807) is 0 Å². The molecule has 2 aromatic carbocycles. The Morgan fingerprint density at radius 2 is 1.79 bits per heavy atom. The van der Waals surface area contributed by atoms with Crippen molar-refractivity contribution in [2.45, 2.75) is 70.3 Å². The summed E-state index contributed by atoms with van der Waals surface area (Å²) in [5, 5.41) is 5.07. The number of nitrogens with two attached hydrogens (primary N) is 1. The average molecular weight is 491 g/mol. The highest BCUT2D eigenvalue weighted by Crippen LogP contribution is 2.37. The molecule has 1 saturated carbocycles. The maximum Gasteiger partial charge on any atom is 0.0485 e. The summed E-state index contributed by atoms with van der Waals surface area (Å²) in [5.74, 6) is 0.516. The maximum atomic E-state index is 5.67. The van der Waals surface area contributed by atoms with E-state index in [-0.39, 0.29) is 24.8 Å². The van der Waals surface area contributed by atoms with E-state index in [4.69, 9.17) is 5.73 Å². The lowest BCUT2D eigenvalue weighted by Crippen LogP contribution is -2.21. The monoisotopic (exact) mass is 489 g/mol. The van der Waals surface area contributed by atoms with Gasteiger partial charge >= 0.3 is 0 Å². The molecule has 1 aliphatic rings. The Labute approximate surface area is 212 Å². The Bertz CT molecular complexity index is 963. The van der Waals surface area contributed by atoms with Gasteiger partial charge in [-0.25, -0.2) is 0 Å². The lowest BCUT2D eigenvalue weighted by atomic mass is 9.88. The first-order chi connectivity index (χ1) is 15.3. The molecule has 33 heavy (non-hydrogen) atoms. The van der Waals surface area contributed by atoms with Crippen LogP contribution in [0.15, 0.2) is 54.7 Å². The number of hydrogen-bond acceptors (Lipinski definition) is 2. The second-order valence-electron chi connectivity index (χ2n) is 9.37. The van der Waals surface area contributed by atoms with E-state index in [2.05, 4.69) is 71.5 Å². The van der Waals surface area contributed by atoms with Crippen molar-refractivity contribution < 1.29 is 0 Å². The van der Waals surface area contributed by atoms with Gasteiger partial charge in [-0.1, -0.05) is 67.3 Å². The van der Waals surface area contributed by atoms with E-state index in [1.165, 1.54) is 59.7 Å². The minimum Gasteiger partial charge on any atom is -0.344 e. The zero-order valence-electron chi connectivity index (χ0n) is 20.0. The topological polar surface area (TPSA) is 43.0 Å². The fourth-order valence-electron chi connectivity index (χ4n) is 5.34. The molecule has 0 aliphatic heterocycles. The molecule has 3 nitrogen and oxygen atoms in total. The number of nitrogens with one attached hydrogen (secondary N) is 1. The largest absolute Gasteiger partial charge is 0.344 e. The second kappa shape index (κ2) is 14.0. The summed E-state index contributed by atoms with van der Waals surface area (Å²) in [6.07, 6.45) is 12.6. The van der Waals surface area contributed by atoms with Gasteiger partial charge in [-0.3, -0.25) is 0 Å². The molecular formula is C28H41Cl2N3. The number of fused-ring (bicyclic) bond motifs is 1. The summed E-state index contributed by atoms with van der Waals surface area (Å²) in [7, 11) is 0. The SMILES string of the molecule is Cc1cccc(CC(CCNCCCN)c2cn(C3CCCCC3)c3ccccc23)c1.Cl.Cl. The van der Waals surface area contributed by atoms with Crippen LogP contribution in [-0.2, 0) is 6.42 Å². The van der Waals surface area contributed by atoms with Gasteiger partial charge in [0.15, 0.2) is 0 Å². The van der Waals surface area contributed by atoms with Crippen molar-refractivity contribution in [3.05, 3.63) is 71.4 Å². The van der Waals surface area contributed by atoms with Gasteiger partial charge in [0.25, 0.3) is 0 Å². The summed E-state index contributed by atoms with van der Waals surface area (Å²) in [6, 6.07) is 18.8. The molecule has 1 aliphatic carbocycles. The first kappa shape index (κ1) is 27.7. The highest BCUT2D eigenvalue weighted by Gasteiger charge is 2.22. The maximum absolute atomic E-state index is 5.67. The van der Waals surface area contributed by atoms with Crippen LogP contribution in [0.4, 0.5) is 0 Å². The minimum absolute atomic E-state index is 0. The molecule has 1 aromatic heterocycles. The van der Waals surface area contributed by atoms with Crippen molar-refractivity contribution in [2.24, 2.45) is 5.73 Å². The quantitative estimate of drug-likeness (QED) is 0.302. The Morgan fingerprint density at radius 3 is 2.55 bits per heavy atom. The first-order valence-electron chi connectivity index (χ1n) is 12.3. The van der Waals surface area contributed by atoms with E-state index in [1.807, 2.05) is 0 Å². The van der Waals surface area contributed by atoms with E-state index in [0.29, 0.717) is 12.0 Å². The van der Waals surface area contributed by atoms with E-state index >= 15 is 0 Å². The molecule has 182 valence electrons. The number of benzene rings is 2. The first-order valence-corrected chi connectivity index (χ1v) is 12.3. The third-order valence-electron chi connectivity index (χ3n) is 6.97. The van der Waals surface area contributed by atoms with E-state index < -0.39 is 0 Å². The predicted octanol–water partition coefficient (Wildman–Crippen LogP) is 6.95. The molecule has 0 spiro atoms. The average Bonchev–Trinajstić information content (AvgIpc) is 3.18. The van der Waals surface area contributed by atoms with Crippen LogP contribution in [0.1, 0.15) is 73.6 Å². The van der Waals surface area contributed by atoms with Gasteiger partial charge in [0.05, 0.1) is 0 Å². The zero-order valence-corrected chi connectivity index (χ0v) is 21.6. The Kier molecular flexibility index (Phi) is 11.8. The lowest BCUT2D eigenvalue weighted by molar-refractivity contribution is 0.360. The predicted molar refractivity (Wildman–Crippen MR) is 147 cm³/mol. The summed E-state index contributed by atoms with van der Waals surface area (Å²) >= 11 is 0. The van der Waals surface area contributed by atoms with E-state index in [0.717, 1.165) is 38.9 Å². The van der Waals surface area contributed by atoms with Crippen LogP contribution in [0.3, 0.4) is 0 Å². The van der Waals surface area contributed by atoms with Crippen LogP contribution in [0.2, 0.25) is 0 Å². The molecule has 0 radical (unpaired) electrons. The fourth-order valence-corrected chi connectivity index (χ4v) is 5.34. The minimum atomic E-state index is 0. The molecule has 0 saturated heterocycles. The van der Waals surface area contributed by atoms with Gasteiger partial charge in [0, 0.05) is 23.1 Å². The lowest BCUT2D eigenvalue weighted by Gasteiger charge is -2.24. The second-order valence-corrected chi connectivity index (χ2v) is 9.37. The highest BCUT2D eigenvalue weighted by atomic mass is 35.5. The Hall–Kier alpha value is -1.52. The molecule has 1 atom stereocenters. The van der Waals surface area contributed by atoms with Crippen molar-refractivity contribution in [1.29, 1.82) is 0 Å². The smallest absolute Gasteiger partial charge is 0.0485 e. The molecule has 1 heterocycles. The van der Waals surface area contributed by atoms with Crippen LogP contribution in [0, 0.1) is 6.92 Å². The van der Waals surface area contributed by atoms with Crippen molar-refractivity contribution in [2.75, 3.05) is 19.6 Å². The highest BCUT2D eigenvalue weighted by molar-refractivity contribution is 5.86. The number of aromatic nitrogens is 1. The molecular weight excluding hydrogens is 449 g/mol. The number of halogens is 2. The summed E-state index contributed by atoms with van der Waals surface area (Å²) < 4.78 is 2.62. The van der Waals surface area contributed by atoms with Crippen molar-refractivity contribution in [1.82, 2.24) is 9.88 Å². The van der Waals surface area contributed by atoms with Gasteiger partial charge in [-0.05, 0) is 81.8 Å². The van der Waals surface area contributed by atoms with Crippen LogP contribution < -0.4 is 11.1 Å². The number of para-hydroxylation sites is 1. The third-order valence-corrected chi connectivity index (χ3v) is 6.97. The van der Waals surface area contributed by atoms with Crippen LogP contribution in [0.5, 0.6) is 0 Å². The molecule has 4 rings (SSSR count). The third kappa shape index (κ3) is 7.23. The number of hydrogen-bond donors (Lipinski definition) is 2. The van der Waals surface area contributed by atoms with Crippen molar-refractivity contribution >= 4 is 35.7 Å². The molecule has 0 amide bonds. The van der Waals surface area contributed by atoms with Crippen molar-refractivity contribution in [3.8, 4) is 0 Å². The molecule has 1 fully saturated rings. The van der Waals surface area contributed by atoms with Gasteiger partial charge in [-0.15, -0.1) is 24.8 Å². The van der Waals surface area contributed by atoms with Crippen molar-refractivity contribution in [3.63, 3.8) is 0 Å². The normalized spacial score (nSPS) is 15.1. The molecule has 5 heteroatoms. The Balaban J connectivity index is 0.00000193. The summed E-state index contributed by atoms with van der Waals surface area (Å²) in [5.41, 5.74) is 11.4. The van der Waals surface area contributed by atoms with E-state index in [9.17, 15) is 0 Å². The standard InChI is InChI=1S/C28H39N3.2ClH/c1-22-9-7-10-23(19-22)20-24(15-18-30-17-8-16-29)27-21-31(25-11-3-2-4-12-25)28-14-6-5-13-26(27)28;;/h5-7,9-10,13-14,19,21,24-25,30H,2-4,8,11-12,15-18,20,29H2,1H3;2*1H. The number of aryl methyl sites for hydroxylation is 1. The number of nitrogens with zero attached hydrogens (tertiary/aromatic N) is 1. The van der Waals surface area contributed by atoms with Gasteiger partial charge in [0.2, 0.25) is 0 Å². The van der Waals surface area contributed by atoms with Gasteiger partial charge in [0.1, 0.15) is 0 Å². The fraction of sp³-hybridized carbons (Fsp3) is 0.500. The zero-order chi connectivity index (χ0) is 21.5. The summed E-state index contributed by atoms with van der Waals surface area (Å²) in [4.78, 5) is 0. The van der Waals surface area contributed by atoms with Crippen LogP contribution in [0.25, 0.3) is 10.9 Å². The molecule has 0 bridgehead atoms. The molecule has 3 N–H and O–H groups in total. The number of rotatable bonds is 10. The molecule has 1 unspecified atom stereocenters. The van der Waals surface area contributed by atoms with Crippen LogP contribution in [-0.4, -0.2) is 24.2 Å². The van der Waals surface area contributed by atoms with Crippen LogP contribution >= 0.6 is 24.8 Å². The molecule has 3 aromatic rings. The van der Waals surface area contributed by atoms with Gasteiger partial charge in [-0.2, -0.15) is 0 Å². The summed E-state index contributed by atoms with van der Waals surface area (Å²) in [6.45, 7) is 5.01. The van der Waals surface area contributed by atoms with Gasteiger partial charge < -0.3 is 15.6 Å². The Morgan fingerprint density at radius 1 is 1.00 bits per heavy atom.